The molecule has 0 aliphatic heterocycles. The van der Waals surface area contributed by atoms with Crippen molar-refractivity contribution in [2.75, 3.05) is 13.1 Å². The summed E-state index contributed by atoms with van der Waals surface area (Å²) in [6, 6.07) is 8.02. The van der Waals surface area contributed by atoms with E-state index in [1.54, 1.807) is 0 Å². The van der Waals surface area contributed by atoms with Crippen molar-refractivity contribution < 1.29 is 13.6 Å². The number of carbonyl (C=O) groups is 1. The smallest absolute Gasteiger partial charge is 0.277 e. The van der Waals surface area contributed by atoms with Crippen LogP contribution in [0.15, 0.2) is 24.3 Å². The van der Waals surface area contributed by atoms with Gasteiger partial charge in [-0.25, -0.2) is 8.78 Å². The second kappa shape index (κ2) is 8.44. The van der Waals surface area contributed by atoms with Gasteiger partial charge in [0.15, 0.2) is 0 Å². The number of nitrogens with two attached hydrogens (primary N) is 1. The molecule has 0 bridgehead atoms. The Bertz CT molecular complexity index is 470. The Kier molecular flexibility index (Phi) is 7.98. The maximum Gasteiger partial charge on any atom is 0.277 e. The van der Waals surface area contributed by atoms with Gasteiger partial charge in [-0.3, -0.25) is 4.79 Å². The van der Waals surface area contributed by atoms with Crippen LogP contribution in [0.25, 0.3) is 0 Å². The van der Waals surface area contributed by atoms with Crippen molar-refractivity contribution in [1.82, 2.24) is 5.32 Å². The van der Waals surface area contributed by atoms with E-state index >= 15 is 0 Å². The summed E-state index contributed by atoms with van der Waals surface area (Å²) in [7, 11) is 0. The Morgan fingerprint density at radius 3 is 2.18 bits per heavy atom. The van der Waals surface area contributed by atoms with E-state index in [1.807, 2.05) is 24.3 Å². The van der Waals surface area contributed by atoms with Gasteiger partial charge in [-0.05, 0) is 23.0 Å². The second-order valence-electron chi connectivity index (χ2n) is 6.28. The van der Waals surface area contributed by atoms with E-state index < -0.39 is 19.0 Å². The van der Waals surface area contributed by atoms with E-state index in [4.69, 9.17) is 5.73 Å². The first-order valence-corrected chi connectivity index (χ1v) is 7.08. The van der Waals surface area contributed by atoms with Gasteiger partial charge in [0.2, 0.25) is 5.91 Å². The summed E-state index contributed by atoms with van der Waals surface area (Å²) in [5.74, 6) is -3.42. The van der Waals surface area contributed by atoms with Crippen LogP contribution in [0, 0.1) is 0 Å². The van der Waals surface area contributed by atoms with Gasteiger partial charge in [0.05, 0.1) is 13.1 Å². The lowest BCUT2D eigenvalue weighted by Gasteiger charge is -2.19. The first kappa shape index (κ1) is 20.8. The summed E-state index contributed by atoms with van der Waals surface area (Å²) >= 11 is 0. The highest BCUT2D eigenvalue weighted by atomic mass is 35.5. The average Bonchev–Trinajstić information content (AvgIpc) is 2.42. The van der Waals surface area contributed by atoms with Crippen LogP contribution < -0.4 is 11.1 Å². The van der Waals surface area contributed by atoms with Gasteiger partial charge in [0.1, 0.15) is 0 Å². The van der Waals surface area contributed by atoms with Crippen molar-refractivity contribution >= 4 is 18.3 Å². The Morgan fingerprint density at radius 1 is 1.18 bits per heavy atom. The van der Waals surface area contributed by atoms with Crippen molar-refractivity contribution in [2.24, 2.45) is 5.73 Å². The highest BCUT2D eigenvalue weighted by Gasteiger charge is 2.26. The maximum atomic E-state index is 12.9. The topological polar surface area (TPSA) is 55.1 Å². The van der Waals surface area contributed by atoms with Gasteiger partial charge < -0.3 is 11.1 Å². The molecule has 6 heteroatoms. The lowest BCUT2D eigenvalue weighted by molar-refractivity contribution is -0.122. The Labute approximate surface area is 137 Å². The van der Waals surface area contributed by atoms with Gasteiger partial charge in [0, 0.05) is 6.42 Å². The molecule has 0 unspecified atom stereocenters. The van der Waals surface area contributed by atoms with Gasteiger partial charge >= 0.3 is 0 Å². The number of hydrogen-bond donors (Lipinski definition) is 2. The molecule has 0 saturated carbocycles. The number of nitrogens with one attached hydrogen (secondary N) is 1. The third-order valence-electron chi connectivity index (χ3n) is 3.30. The van der Waals surface area contributed by atoms with Crippen LogP contribution in [0.5, 0.6) is 0 Å². The maximum absolute atomic E-state index is 12.9. The Morgan fingerprint density at radius 2 is 1.73 bits per heavy atom. The van der Waals surface area contributed by atoms with Crippen LogP contribution in [-0.2, 0) is 16.6 Å². The monoisotopic (exact) mass is 334 g/mol. The minimum Gasteiger partial charge on any atom is -0.350 e. The zero-order chi connectivity index (χ0) is 16.1. The minimum absolute atomic E-state index is 0. The molecule has 126 valence electrons. The third-order valence-corrected chi connectivity index (χ3v) is 3.30. The van der Waals surface area contributed by atoms with Crippen molar-refractivity contribution in [3.05, 3.63) is 35.4 Å². The van der Waals surface area contributed by atoms with Gasteiger partial charge in [-0.2, -0.15) is 0 Å². The normalized spacial score (nSPS) is 11.7. The number of amides is 1. The lowest BCUT2D eigenvalue weighted by atomic mass is 9.86. The quantitative estimate of drug-likeness (QED) is 0.840. The van der Waals surface area contributed by atoms with Crippen LogP contribution in [0.2, 0.25) is 0 Å². The average molecular weight is 335 g/mol. The molecule has 0 saturated heterocycles. The Hall–Kier alpha value is -1.20. The summed E-state index contributed by atoms with van der Waals surface area (Å²) < 4.78 is 25.8. The minimum atomic E-state index is -3.04. The van der Waals surface area contributed by atoms with Crippen molar-refractivity contribution in [3.63, 3.8) is 0 Å². The molecule has 0 radical (unpaired) electrons. The van der Waals surface area contributed by atoms with E-state index in [1.165, 1.54) is 5.56 Å². The highest BCUT2D eigenvalue weighted by molar-refractivity contribution is 5.85. The molecule has 1 amide bonds. The zero-order valence-electron chi connectivity index (χ0n) is 13.3. The molecule has 0 aliphatic carbocycles. The van der Waals surface area contributed by atoms with Crippen molar-refractivity contribution in [2.45, 2.75) is 45.0 Å². The predicted molar refractivity (Wildman–Crippen MR) is 87.7 cm³/mol. The molecule has 0 atom stereocenters. The molecule has 3 N–H and O–H groups in total. The first-order valence-electron chi connectivity index (χ1n) is 7.08. The highest BCUT2D eigenvalue weighted by Crippen LogP contribution is 2.22. The summed E-state index contributed by atoms with van der Waals surface area (Å²) in [6.07, 6.45) is 0.722. The van der Waals surface area contributed by atoms with E-state index in [-0.39, 0.29) is 30.2 Å². The zero-order valence-corrected chi connectivity index (χ0v) is 14.1. The molecule has 0 fully saturated rings. The standard InChI is InChI=1S/C16H24F2N2O.ClH/c1-15(2,3)13-7-4-12(5-8-13)6-9-14(21)20-11-16(17,18)10-19;/h4-5,7-8H,6,9-11,19H2,1-3H3,(H,20,21);1H. The third kappa shape index (κ3) is 7.18. The summed E-state index contributed by atoms with van der Waals surface area (Å²) in [5, 5.41) is 2.21. The largest absolute Gasteiger partial charge is 0.350 e. The van der Waals surface area contributed by atoms with E-state index in [2.05, 4.69) is 26.1 Å². The number of hydrogen-bond acceptors (Lipinski definition) is 2. The summed E-state index contributed by atoms with van der Waals surface area (Å²) in [4.78, 5) is 11.5. The number of benzene rings is 1. The summed E-state index contributed by atoms with van der Waals surface area (Å²) in [6.45, 7) is 4.93. The molecule has 1 rings (SSSR count). The number of alkyl halides is 2. The molecule has 22 heavy (non-hydrogen) atoms. The fourth-order valence-electron chi connectivity index (χ4n) is 1.82. The molecule has 0 heterocycles. The molecule has 1 aromatic carbocycles. The first-order chi connectivity index (χ1) is 9.64. The number of carbonyl (C=O) groups excluding carboxylic acids is 1. The lowest BCUT2D eigenvalue weighted by Crippen LogP contribution is -2.41. The fraction of sp³-hybridized carbons (Fsp3) is 0.562. The van der Waals surface area contributed by atoms with Gasteiger partial charge in [-0.15, -0.1) is 12.4 Å². The molecule has 0 aliphatic rings. The number of halogens is 3. The molecular weight excluding hydrogens is 310 g/mol. The van der Waals surface area contributed by atoms with Crippen LogP contribution in [-0.4, -0.2) is 24.9 Å². The number of aryl methyl sites for hydroxylation is 1. The molecule has 0 spiro atoms. The molecular formula is C16H25ClF2N2O. The predicted octanol–water partition coefficient (Wildman–Crippen LogP) is 3.05. The second-order valence-corrected chi connectivity index (χ2v) is 6.28. The van der Waals surface area contributed by atoms with E-state index in [0.717, 1.165) is 5.56 Å². The summed E-state index contributed by atoms with van der Waals surface area (Å²) in [5.41, 5.74) is 7.23. The van der Waals surface area contributed by atoms with Crippen molar-refractivity contribution in [3.8, 4) is 0 Å². The van der Waals surface area contributed by atoms with E-state index in [0.29, 0.717) is 6.42 Å². The van der Waals surface area contributed by atoms with Crippen LogP contribution in [0.3, 0.4) is 0 Å². The van der Waals surface area contributed by atoms with Gasteiger partial charge in [-0.1, -0.05) is 45.0 Å². The molecule has 3 nitrogen and oxygen atoms in total. The Balaban J connectivity index is 0.00000441. The molecule has 0 aromatic heterocycles. The van der Waals surface area contributed by atoms with Crippen LogP contribution in [0.4, 0.5) is 8.78 Å². The van der Waals surface area contributed by atoms with Gasteiger partial charge in [0.25, 0.3) is 5.92 Å². The van der Waals surface area contributed by atoms with Crippen LogP contribution >= 0.6 is 12.4 Å². The van der Waals surface area contributed by atoms with Crippen molar-refractivity contribution in [1.29, 1.82) is 0 Å². The molecule has 1 aromatic rings. The SMILES string of the molecule is CC(C)(C)c1ccc(CCC(=O)NCC(F)(F)CN)cc1.Cl. The van der Waals surface area contributed by atoms with E-state index in [9.17, 15) is 13.6 Å². The number of rotatable bonds is 6. The van der Waals surface area contributed by atoms with Crippen LogP contribution in [0.1, 0.15) is 38.3 Å². The fourth-order valence-corrected chi connectivity index (χ4v) is 1.82.